The van der Waals surface area contributed by atoms with Crippen LogP contribution in [0.15, 0.2) is 24.3 Å². The van der Waals surface area contributed by atoms with Crippen LogP contribution < -0.4 is 0 Å². The van der Waals surface area contributed by atoms with Gasteiger partial charge >= 0.3 is 5.97 Å². The Labute approximate surface area is 120 Å². The SMILES string of the molecule is O=C(O)CCCCN1CCC(c2ccc(O)cc2)CC1. The van der Waals surface area contributed by atoms with Gasteiger partial charge in [-0.25, -0.2) is 0 Å². The molecule has 0 aliphatic carbocycles. The molecule has 1 aromatic rings. The molecule has 0 saturated carbocycles. The van der Waals surface area contributed by atoms with Gasteiger partial charge in [-0.05, 0) is 68.9 Å². The molecule has 1 heterocycles. The van der Waals surface area contributed by atoms with Crippen molar-refractivity contribution in [2.24, 2.45) is 0 Å². The number of hydrogen-bond acceptors (Lipinski definition) is 3. The number of carbonyl (C=O) groups is 1. The van der Waals surface area contributed by atoms with E-state index < -0.39 is 5.97 Å². The van der Waals surface area contributed by atoms with Gasteiger partial charge in [0, 0.05) is 6.42 Å². The van der Waals surface area contributed by atoms with Crippen LogP contribution in [0, 0.1) is 0 Å². The van der Waals surface area contributed by atoms with Crippen molar-refractivity contribution >= 4 is 5.97 Å². The number of hydrogen-bond donors (Lipinski definition) is 2. The molecular formula is C16H23NO3. The van der Waals surface area contributed by atoms with E-state index in [9.17, 15) is 9.90 Å². The summed E-state index contributed by atoms with van der Waals surface area (Å²) < 4.78 is 0. The molecule has 0 bridgehead atoms. The summed E-state index contributed by atoms with van der Waals surface area (Å²) in [4.78, 5) is 12.9. The van der Waals surface area contributed by atoms with Gasteiger partial charge in [-0.2, -0.15) is 0 Å². The Bertz CT molecular complexity index is 422. The summed E-state index contributed by atoms with van der Waals surface area (Å²) in [5.41, 5.74) is 1.31. The lowest BCUT2D eigenvalue weighted by atomic mass is 9.89. The summed E-state index contributed by atoms with van der Waals surface area (Å²) in [7, 11) is 0. The van der Waals surface area contributed by atoms with Crippen LogP contribution in [0.5, 0.6) is 5.75 Å². The standard InChI is InChI=1S/C16H23NO3/c18-15-6-4-13(5-7-15)14-8-11-17(12-9-14)10-2-1-3-16(19)20/h4-7,14,18H,1-3,8-12H2,(H,19,20). The monoisotopic (exact) mass is 277 g/mol. The first kappa shape index (κ1) is 14.9. The number of carboxylic acid groups (broad SMARTS) is 1. The van der Waals surface area contributed by atoms with Crippen molar-refractivity contribution in [1.82, 2.24) is 4.90 Å². The Morgan fingerprint density at radius 2 is 1.80 bits per heavy atom. The number of phenols is 1. The Morgan fingerprint density at radius 1 is 1.15 bits per heavy atom. The largest absolute Gasteiger partial charge is 0.508 e. The lowest BCUT2D eigenvalue weighted by molar-refractivity contribution is -0.137. The Morgan fingerprint density at radius 3 is 2.40 bits per heavy atom. The summed E-state index contributed by atoms with van der Waals surface area (Å²) in [6, 6.07) is 7.55. The van der Waals surface area contributed by atoms with Crippen LogP contribution in [-0.2, 0) is 4.79 Å². The van der Waals surface area contributed by atoms with Crippen LogP contribution in [0.1, 0.15) is 43.6 Å². The molecule has 1 aliphatic rings. The van der Waals surface area contributed by atoms with Gasteiger partial charge in [0.2, 0.25) is 0 Å². The number of aromatic hydroxyl groups is 1. The fraction of sp³-hybridized carbons (Fsp3) is 0.562. The fourth-order valence-electron chi connectivity index (χ4n) is 2.85. The van der Waals surface area contributed by atoms with E-state index in [1.807, 2.05) is 12.1 Å². The molecule has 20 heavy (non-hydrogen) atoms. The van der Waals surface area contributed by atoms with E-state index in [-0.39, 0.29) is 6.42 Å². The summed E-state index contributed by atoms with van der Waals surface area (Å²) >= 11 is 0. The molecule has 0 aromatic heterocycles. The van der Waals surface area contributed by atoms with Crippen molar-refractivity contribution < 1.29 is 15.0 Å². The average molecular weight is 277 g/mol. The summed E-state index contributed by atoms with van der Waals surface area (Å²) in [6.07, 6.45) is 4.31. The molecule has 0 unspecified atom stereocenters. The van der Waals surface area contributed by atoms with E-state index in [2.05, 4.69) is 4.90 Å². The summed E-state index contributed by atoms with van der Waals surface area (Å²) in [6.45, 7) is 3.17. The van der Waals surface area contributed by atoms with Crippen LogP contribution in [0.4, 0.5) is 0 Å². The van der Waals surface area contributed by atoms with E-state index in [4.69, 9.17) is 5.11 Å². The van der Waals surface area contributed by atoms with Gasteiger partial charge < -0.3 is 15.1 Å². The first-order chi connectivity index (χ1) is 9.65. The highest BCUT2D eigenvalue weighted by Gasteiger charge is 2.20. The predicted octanol–water partition coefficient (Wildman–Crippen LogP) is 2.83. The van der Waals surface area contributed by atoms with Crippen molar-refractivity contribution in [2.75, 3.05) is 19.6 Å². The number of benzene rings is 1. The molecule has 1 aromatic carbocycles. The number of aliphatic carboxylic acids is 1. The highest BCUT2D eigenvalue weighted by Crippen LogP contribution is 2.29. The third-order valence-corrected chi connectivity index (χ3v) is 4.07. The average Bonchev–Trinajstić information content (AvgIpc) is 2.45. The normalized spacial score (nSPS) is 17.2. The quantitative estimate of drug-likeness (QED) is 0.785. The maximum absolute atomic E-state index is 10.4. The lowest BCUT2D eigenvalue weighted by Crippen LogP contribution is -2.33. The number of unbranched alkanes of at least 4 members (excludes halogenated alkanes) is 1. The topological polar surface area (TPSA) is 60.8 Å². The van der Waals surface area contributed by atoms with Gasteiger partial charge in [-0.1, -0.05) is 12.1 Å². The van der Waals surface area contributed by atoms with Crippen LogP contribution in [0.2, 0.25) is 0 Å². The molecule has 1 fully saturated rings. The number of nitrogens with zero attached hydrogens (tertiary/aromatic N) is 1. The highest BCUT2D eigenvalue weighted by atomic mass is 16.4. The summed E-state index contributed by atoms with van der Waals surface area (Å²) in [5, 5.41) is 17.9. The van der Waals surface area contributed by atoms with Gasteiger partial charge in [-0.15, -0.1) is 0 Å². The van der Waals surface area contributed by atoms with Gasteiger partial charge in [0.05, 0.1) is 0 Å². The molecule has 0 spiro atoms. The Balaban J connectivity index is 1.69. The van der Waals surface area contributed by atoms with E-state index in [1.54, 1.807) is 12.1 Å². The second kappa shape index (κ2) is 7.29. The number of carboxylic acids is 1. The minimum absolute atomic E-state index is 0.282. The van der Waals surface area contributed by atoms with E-state index in [1.165, 1.54) is 5.56 Å². The molecule has 1 saturated heterocycles. The predicted molar refractivity (Wildman–Crippen MR) is 78.0 cm³/mol. The van der Waals surface area contributed by atoms with E-state index in [0.717, 1.165) is 45.3 Å². The maximum Gasteiger partial charge on any atom is 0.303 e. The van der Waals surface area contributed by atoms with Crippen molar-refractivity contribution in [3.63, 3.8) is 0 Å². The molecule has 2 N–H and O–H groups in total. The molecule has 110 valence electrons. The minimum atomic E-state index is -0.698. The second-order valence-electron chi connectivity index (χ2n) is 5.56. The molecule has 4 nitrogen and oxygen atoms in total. The smallest absolute Gasteiger partial charge is 0.303 e. The summed E-state index contributed by atoms with van der Waals surface area (Å²) in [5.74, 6) is 0.214. The van der Waals surface area contributed by atoms with Crippen molar-refractivity contribution in [3.8, 4) is 5.75 Å². The zero-order chi connectivity index (χ0) is 14.4. The highest BCUT2D eigenvalue weighted by molar-refractivity contribution is 5.66. The number of piperidine rings is 1. The van der Waals surface area contributed by atoms with Crippen LogP contribution in [0.25, 0.3) is 0 Å². The van der Waals surface area contributed by atoms with Gasteiger partial charge in [0.25, 0.3) is 0 Å². The first-order valence-corrected chi connectivity index (χ1v) is 7.38. The Kier molecular flexibility index (Phi) is 5.41. The van der Waals surface area contributed by atoms with E-state index >= 15 is 0 Å². The molecule has 4 heteroatoms. The maximum atomic E-state index is 10.4. The van der Waals surface area contributed by atoms with E-state index in [0.29, 0.717) is 11.7 Å². The van der Waals surface area contributed by atoms with Gasteiger partial charge in [-0.3, -0.25) is 4.79 Å². The van der Waals surface area contributed by atoms with Gasteiger partial charge in [0.1, 0.15) is 5.75 Å². The molecule has 2 rings (SSSR count). The second-order valence-corrected chi connectivity index (χ2v) is 5.56. The van der Waals surface area contributed by atoms with Gasteiger partial charge in [0.15, 0.2) is 0 Å². The number of likely N-dealkylation sites (tertiary alicyclic amines) is 1. The molecule has 0 amide bonds. The molecular weight excluding hydrogens is 254 g/mol. The van der Waals surface area contributed by atoms with Crippen molar-refractivity contribution in [3.05, 3.63) is 29.8 Å². The lowest BCUT2D eigenvalue weighted by Gasteiger charge is -2.32. The number of rotatable bonds is 6. The van der Waals surface area contributed by atoms with Crippen LogP contribution >= 0.6 is 0 Å². The first-order valence-electron chi connectivity index (χ1n) is 7.38. The molecule has 1 aliphatic heterocycles. The minimum Gasteiger partial charge on any atom is -0.508 e. The number of phenolic OH excluding ortho intramolecular Hbond substituents is 1. The Hall–Kier alpha value is -1.55. The van der Waals surface area contributed by atoms with Crippen LogP contribution in [0.3, 0.4) is 0 Å². The van der Waals surface area contributed by atoms with Crippen molar-refractivity contribution in [1.29, 1.82) is 0 Å². The zero-order valence-corrected chi connectivity index (χ0v) is 11.8. The third kappa shape index (κ3) is 4.53. The van der Waals surface area contributed by atoms with Crippen LogP contribution in [-0.4, -0.2) is 40.7 Å². The molecule has 0 atom stereocenters. The third-order valence-electron chi connectivity index (χ3n) is 4.07. The zero-order valence-electron chi connectivity index (χ0n) is 11.8. The molecule has 0 radical (unpaired) electrons. The van der Waals surface area contributed by atoms with Crippen molar-refractivity contribution in [2.45, 2.75) is 38.0 Å². The fourth-order valence-corrected chi connectivity index (χ4v) is 2.85.